The van der Waals surface area contributed by atoms with Crippen LogP contribution in [0.1, 0.15) is 18.4 Å². The van der Waals surface area contributed by atoms with Crippen molar-refractivity contribution in [3.8, 4) is 0 Å². The lowest BCUT2D eigenvalue weighted by Crippen LogP contribution is -2.62. The molecule has 9 nitrogen and oxygen atoms in total. The van der Waals surface area contributed by atoms with Gasteiger partial charge in [-0.05, 0) is 12.1 Å². The molecule has 162 valence electrons. The van der Waals surface area contributed by atoms with E-state index in [2.05, 4.69) is 4.98 Å². The lowest BCUT2D eigenvalue weighted by molar-refractivity contribution is -0.138. The molecule has 0 aromatic carbocycles. The van der Waals surface area contributed by atoms with Crippen LogP contribution >= 0.6 is 0 Å². The van der Waals surface area contributed by atoms with E-state index in [1.807, 2.05) is 0 Å². The largest absolute Gasteiger partial charge is 0.417 e. The number of carbonyl (C=O) groups is 1. The normalized spacial score (nSPS) is 21.0. The number of amides is 1. The van der Waals surface area contributed by atoms with Gasteiger partial charge in [-0.2, -0.15) is 17.5 Å². The summed E-state index contributed by atoms with van der Waals surface area (Å²) in [5.41, 5.74) is 0.598. The molecule has 2 N–H and O–H groups in total. The molecule has 0 aliphatic carbocycles. The van der Waals surface area contributed by atoms with E-state index >= 15 is 0 Å². The quantitative estimate of drug-likeness (QED) is 0.523. The zero-order valence-electron chi connectivity index (χ0n) is 15.4. The molecule has 1 aromatic heterocycles. The van der Waals surface area contributed by atoms with Gasteiger partial charge in [0.05, 0.1) is 5.56 Å². The number of anilines is 1. The number of carbonyl (C=O) groups excluding carboxylic acids is 1. The Morgan fingerprint density at radius 3 is 2.28 bits per heavy atom. The molecule has 2 saturated heterocycles. The second-order valence-corrected chi connectivity index (χ2v) is 9.09. The van der Waals surface area contributed by atoms with Crippen molar-refractivity contribution in [2.75, 3.05) is 44.3 Å². The number of nitrogens with one attached hydrogen (secondary N) is 1. The SMILES string of the molecule is O=C(NO)C1(S(=O)(=O)N2CCN(c3ccc(C(F)(F)F)cn3)CC2)CCOCC1. The minimum atomic E-state index is -4.48. The molecule has 3 rings (SSSR count). The molecule has 0 unspecified atom stereocenters. The highest BCUT2D eigenvalue weighted by Gasteiger charge is 2.54. The van der Waals surface area contributed by atoms with Gasteiger partial charge in [-0.1, -0.05) is 0 Å². The first-order valence-corrected chi connectivity index (χ1v) is 10.4. The zero-order chi connectivity index (χ0) is 21.3. The van der Waals surface area contributed by atoms with Crippen LogP contribution in [0.2, 0.25) is 0 Å². The minimum absolute atomic E-state index is 0.0341. The number of rotatable bonds is 4. The molecule has 2 aliphatic rings. The molecule has 2 aliphatic heterocycles. The van der Waals surface area contributed by atoms with E-state index in [9.17, 15) is 26.4 Å². The summed E-state index contributed by atoms with van der Waals surface area (Å²) < 4.78 is 68.9. The van der Waals surface area contributed by atoms with Crippen molar-refractivity contribution in [1.82, 2.24) is 14.8 Å². The fraction of sp³-hybridized carbons (Fsp3) is 0.625. The van der Waals surface area contributed by atoms with Crippen molar-refractivity contribution in [3.05, 3.63) is 23.9 Å². The number of alkyl halides is 3. The Morgan fingerprint density at radius 1 is 1.17 bits per heavy atom. The molecule has 2 fully saturated rings. The van der Waals surface area contributed by atoms with Gasteiger partial charge in [-0.25, -0.2) is 18.9 Å². The van der Waals surface area contributed by atoms with Gasteiger partial charge >= 0.3 is 6.18 Å². The number of aromatic nitrogens is 1. The maximum Gasteiger partial charge on any atom is 0.417 e. The summed E-state index contributed by atoms with van der Waals surface area (Å²) in [6.07, 6.45) is -3.91. The number of hydrogen-bond acceptors (Lipinski definition) is 7. The first kappa shape index (κ1) is 21.7. The van der Waals surface area contributed by atoms with Crippen LogP contribution in [0.4, 0.5) is 19.0 Å². The van der Waals surface area contributed by atoms with Crippen LogP contribution in [0.5, 0.6) is 0 Å². The van der Waals surface area contributed by atoms with Crippen LogP contribution in [0, 0.1) is 0 Å². The molecule has 0 bridgehead atoms. The number of halogens is 3. The van der Waals surface area contributed by atoms with E-state index in [0.29, 0.717) is 5.82 Å². The molecular weight excluding hydrogens is 417 g/mol. The summed E-state index contributed by atoms with van der Waals surface area (Å²) in [6, 6.07) is 2.17. The Labute approximate surface area is 165 Å². The van der Waals surface area contributed by atoms with Crippen molar-refractivity contribution in [2.24, 2.45) is 0 Å². The molecule has 29 heavy (non-hydrogen) atoms. The highest BCUT2D eigenvalue weighted by atomic mass is 32.2. The van der Waals surface area contributed by atoms with Crippen LogP contribution in [0.15, 0.2) is 18.3 Å². The van der Waals surface area contributed by atoms with Crippen LogP contribution in [0.3, 0.4) is 0 Å². The second kappa shape index (κ2) is 8.05. The third-order valence-electron chi connectivity index (χ3n) is 5.29. The molecule has 1 aromatic rings. The summed E-state index contributed by atoms with van der Waals surface area (Å²) >= 11 is 0. The van der Waals surface area contributed by atoms with E-state index in [1.165, 1.54) is 15.9 Å². The molecule has 3 heterocycles. The Bertz CT molecular complexity index is 833. The molecule has 0 saturated carbocycles. The van der Waals surface area contributed by atoms with Crippen molar-refractivity contribution >= 4 is 21.7 Å². The molecule has 13 heteroatoms. The van der Waals surface area contributed by atoms with Crippen molar-refractivity contribution in [3.63, 3.8) is 0 Å². The van der Waals surface area contributed by atoms with Crippen LogP contribution < -0.4 is 10.4 Å². The van der Waals surface area contributed by atoms with Crippen LogP contribution in [0.25, 0.3) is 0 Å². The van der Waals surface area contributed by atoms with Gasteiger partial charge in [-0.15, -0.1) is 0 Å². The fourth-order valence-electron chi connectivity index (χ4n) is 3.55. The van der Waals surface area contributed by atoms with Gasteiger partial charge < -0.3 is 9.64 Å². The summed E-state index contributed by atoms with van der Waals surface area (Å²) in [7, 11) is -4.10. The number of hydroxylamine groups is 1. The molecule has 1 amide bonds. The van der Waals surface area contributed by atoms with Gasteiger partial charge in [0.1, 0.15) is 5.82 Å². The van der Waals surface area contributed by atoms with Crippen LogP contribution in [-0.4, -0.2) is 73.0 Å². The molecule has 0 spiro atoms. The number of ether oxygens (including phenoxy) is 1. The van der Waals surface area contributed by atoms with E-state index in [1.54, 1.807) is 4.90 Å². The third kappa shape index (κ3) is 4.04. The predicted molar refractivity (Wildman–Crippen MR) is 94.7 cm³/mol. The number of pyridine rings is 1. The predicted octanol–water partition coefficient (Wildman–Crippen LogP) is 0.607. The van der Waals surface area contributed by atoms with E-state index in [0.717, 1.165) is 12.3 Å². The Morgan fingerprint density at radius 2 is 1.79 bits per heavy atom. The fourth-order valence-corrected chi connectivity index (χ4v) is 5.65. The number of nitrogens with zero attached hydrogens (tertiary/aromatic N) is 3. The van der Waals surface area contributed by atoms with Gasteiger partial charge in [-0.3, -0.25) is 10.0 Å². The highest BCUT2D eigenvalue weighted by Crippen LogP contribution is 2.34. The first-order valence-electron chi connectivity index (χ1n) is 8.92. The van der Waals surface area contributed by atoms with E-state index < -0.39 is 32.4 Å². The third-order valence-corrected chi connectivity index (χ3v) is 7.91. The number of sulfonamides is 1. The summed E-state index contributed by atoms with van der Waals surface area (Å²) in [5.74, 6) is -0.684. The lowest BCUT2D eigenvalue weighted by Gasteiger charge is -2.41. The highest BCUT2D eigenvalue weighted by molar-refractivity contribution is 7.91. The average Bonchev–Trinajstić information content (AvgIpc) is 2.73. The molecular formula is C16H21F3N4O5S. The Balaban J connectivity index is 1.73. The lowest BCUT2D eigenvalue weighted by atomic mass is 9.98. The molecule has 0 atom stereocenters. The summed E-state index contributed by atoms with van der Waals surface area (Å²) in [6.45, 7) is 0.610. The van der Waals surface area contributed by atoms with E-state index in [4.69, 9.17) is 9.94 Å². The van der Waals surface area contributed by atoms with Gasteiger partial charge in [0.15, 0.2) is 4.75 Å². The first-order chi connectivity index (χ1) is 13.6. The molecule has 0 radical (unpaired) electrons. The maximum absolute atomic E-state index is 13.2. The number of piperazine rings is 1. The van der Waals surface area contributed by atoms with Crippen molar-refractivity contribution in [1.29, 1.82) is 0 Å². The summed E-state index contributed by atoms with van der Waals surface area (Å²) in [5, 5.41) is 9.06. The summed E-state index contributed by atoms with van der Waals surface area (Å²) in [4.78, 5) is 17.7. The minimum Gasteiger partial charge on any atom is -0.381 e. The van der Waals surface area contributed by atoms with E-state index in [-0.39, 0.29) is 52.2 Å². The van der Waals surface area contributed by atoms with Crippen LogP contribution in [-0.2, 0) is 25.7 Å². The maximum atomic E-state index is 13.2. The standard InChI is InChI=1S/C16H21F3N4O5S/c17-16(18,19)12-1-2-13(20-11-12)22-5-7-23(8-6-22)29(26,27)15(14(24)21-25)3-9-28-10-4-15/h1-2,11,25H,3-10H2,(H,21,24). The average molecular weight is 438 g/mol. The van der Waals surface area contributed by atoms with Gasteiger partial charge in [0.25, 0.3) is 5.91 Å². The van der Waals surface area contributed by atoms with Gasteiger partial charge in [0, 0.05) is 58.4 Å². The topological polar surface area (TPSA) is 112 Å². The number of hydrogen-bond donors (Lipinski definition) is 2. The van der Waals surface area contributed by atoms with Crippen molar-refractivity contribution < 1.29 is 36.3 Å². The van der Waals surface area contributed by atoms with Gasteiger partial charge in [0.2, 0.25) is 10.0 Å². The Hall–Kier alpha value is -1.96. The Kier molecular flexibility index (Phi) is 6.03. The zero-order valence-corrected chi connectivity index (χ0v) is 16.2. The monoisotopic (exact) mass is 438 g/mol. The van der Waals surface area contributed by atoms with Crippen molar-refractivity contribution in [2.45, 2.75) is 23.8 Å². The second-order valence-electron chi connectivity index (χ2n) is 6.84. The smallest absolute Gasteiger partial charge is 0.381 e.